The molecule has 30 heavy (non-hydrogen) atoms. The zero-order chi connectivity index (χ0) is 22.5. The summed E-state index contributed by atoms with van der Waals surface area (Å²) in [5, 5.41) is 13.0. The van der Waals surface area contributed by atoms with Crippen molar-refractivity contribution < 1.29 is 45.9 Å². The third kappa shape index (κ3) is 6.12. The highest BCUT2D eigenvalue weighted by molar-refractivity contribution is 5.96. The van der Waals surface area contributed by atoms with E-state index in [-0.39, 0.29) is 17.4 Å². The lowest BCUT2D eigenvalue weighted by atomic mass is 10.1. The minimum absolute atomic E-state index is 0.107. The van der Waals surface area contributed by atoms with Crippen molar-refractivity contribution in [3.8, 4) is 5.75 Å². The molecule has 0 heterocycles. The van der Waals surface area contributed by atoms with Crippen molar-refractivity contribution in [2.75, 3.05) is 11.9 Å². The van der Waals surface area contributed by atoms with Gasteiger partial charge in [0, 0.05) is 6.07 Å². The molecule has 0 saturated carbocycles. The van der Waals surface area contributed by atoms with Gasteiger partial charge in [-0.2, -0.15) is 22.0 Å². The van der Waals surface area contributed by atoms with Gasteiger partial charge >= 0.3 is 18.8 Å². The van der Waals surface area contributed by atoms with E-state index in [1.165, 1.54) is 0 Å². The summed E-state index contributed by atoms with van der Waals surface area (Å²) in [4.78, 5) is 33.5. The average Bonchev–Trinajstić information content (AvgIpc) is 2.65. The highest BCUT2D eigenvalue weighted by Crippen LogP contribution is 2.34. The average molecular weight is 434 g/mol. The second-order valence-corrected chi connectivity index (χ2v) is 5.51. The fourth-order valence-electron chi connectivity index (χ4n) is 2.14. The summed E-state index contributed by atoms with van der Waals surface area (Å²) in [6.07, 6.45) is -4.82. The highest BCUT2D eigenvalue weighted by Gasteiger charge is 2.33. The number of rotatable bonds is 7. The van der Waals surface area contributed by atoms with Crippen LogP contribution in [0.1, 0.15) is 15.9 Å². The smallest absolute Gasteiger partial charge is 0.416 e. The van der Waals surface area contributed by atoms with E-state index in [1.807, 2.05) is 5.32 Å². The zero-order valence-electron chi connectivity index (χ0n) is 14.6. The summed E-state index contributed by atoms with van der Waals surface area (Å²) in [7, 11) is 0. The number of hydrogen-bond acceptors (Lipinski definition) is 6. The first-order valence-corrected chi connectivity index (χ1v) is 7.85. The number of alkyl halides is 5. The Morgan fingerprint density at radius 2 is 1.73 bits per heavy atom. The van der Waals surface area contributed by atoms with Gasteiger partial charge in [-0.05, 0) is 36.4 Å². The molecule has 0 aliphatic heterocycles. The Kier molecular flexibility index (Phi) is 6.87. The van der Waals surface area contributed by atoms with Crippen molar-refractivity contribution in [1.82, 2.24) is 0 Å². The van der Waals surface area contributed by atoms with Gasteiger partial charge in [0.2, 0.25) is 0 Å². The van der Waals surface area contributed by atoms with Crippen molar-refractivity contribution in [2.45, 2.75) is 12.8 Å². The summed E-state index contributed by atoms with van der Waals surface area (Å²) >= 11 is 0. The lowest BCUT2D eigenvalue weighted by molar-refractivity contribution is -0.384. The predicted molar refractivity (Wildman–Crippen MR) is 90.1 cm³/mol. The molecular formula is C17H11F5N2O6. The van der Waals surface area contributed by atoms with Crippen molar-refractivity contribution in [2.24, 2.45) is 0 Å². The molecule has 13 heteroatoms. The Bertz CT molecular complexity index is 947. The normalized spacial score (nSPS) is 11.1. The van der Waals surface area contributed by atoms with Crippen LogP contribution in [0.4, 0.5) is 33.3 Å². The standard InChI is InChI=1S/C17H11F5N2O6/c18-16(19)30-11-4-1-9(2-5-11)15(26)29-8-14(25)23-12-6-3-10(17(20,21)22)7-13(12)24(27)28/h1-7,16H,8H2,(H,23,25). The van der Waals surface area contributed by atoms with Crippen LogP contribution in [0.15, 0.2) is 42.5 Å². The lowest BCUT2D eigenvalue weighted by Gasteiger charge is -2.10. The molecule has 2 aromatic carbocycles. The number of benzene rings is 2. The number of amides is 1. The number of carbonyl (C=O) groups is 2. The number of anilines is 1. The molecule has 0 fully saturated rings. The second-order valence-electron chi connectivity index (χ2n) is 5.51. The fourth-order valence-corrected chi connectivity index (χ4v) is 2.14. The van der Waals surface area contributed by atoms with Gasteiger partial charge in [0.15, 0.2) is 6.61 Å². The molecule has 0 radical (unpaired) electrons. The largest absolute Gasteiger partial charge is 0.452 e. The third-order valence-electron chi connectivity index (χ3n) is 3.45. The number of nitro benzene ring substituents is 1. The minimum Gasteiger partial charge on any atom is -0.452 e. The molecule has 0 atom stereocenters. The topological polar surface area (TPSA) is 108 Å². The Morgan fingerprint density at radius 3 is 2.27 bits per heavy atom. The first-order valence-electron chi connectivity index (χ1n) is 7.85. The first kappa shape index (κ1) is 22.5. The van der Waals surface area contributed by atoms with Gasteiger partial charge in [-0.1, -0.05) is 0 Å². The SMILES string of the molecule is O=C(COC(=O)c1ccc(OC(F)F)cc1)Nc1ccc(C(F)(F)F)cc1[N+](=O)[O-]. The Morgan fingerprint density at radius 1 is 1.10 bits per heavy atom. The van der Waals surface area contributed by atoms with Gasteiger partial charge < -0.3 is 14.8 Å². The van der Waals surface area contributed by atoms with Crippen LogP contribution in [-0.2, 0) is 15.7 Å². The first-order chi connectivity index (χ1) is 14.0. The minimum atomic E-state index is -4.82. The number of halogens is 5. The number of nitro groups is 1. The molecule has 0 spiro atoms. The van der Waals surface area contributed by atoms with Gasteiger partial charge in [0.1, 0.15) is 11.4 Å². The van der Waals surface area contributed by atoms with E-state index in [9.17, 15) is 41.7 Å². The van der Waals surface area contributed by atoms with Crippen molar-refractivity contribution in [1.29, 1.82) is 0 Å². The Balaban J connectivity index is 2.00. The van der Waals surface area contributed by atoms with Crippen LogP contribution in [0.5, 0.6) is 5.75 Å². The molecule has 2 rings (SSSR count). The molecule has 0 bridgehead atoms. The van der Waals surface area contributed by atoms with Crippen LogP contribution in [0, 0.1) is 10.1 Å². The third-order valence-corrected chi connectivity index (χ3v) is 3.45. The van der Waals surface area contributed by atoms with Crippen LogP contribution >= 0.6 is 0 Å². The van der Waals surface area contributed by atoms with Gasteiger partial charge in [0.05, 0.1) is 16.1 Å². The van der Waals surface area contributed by atoms with Crippen LogP contribution in [0.2, 0.25) is 0 Å². The molecule has 1 amide bonds. The van der Waals surface area contributed by atoms with Gasteiger partial charge in [-0.3, -0.25) is 14.9 Å². The van der Waals surface area contributed by atoms with Crippen LogP contribution in [0.3, 0.4) is 0 Å². The number of carbonyl (C=O) groups excluding carboxylic acids is 2. The number of ether oxygens (including phenoxy) is 2. The molecule has 0 saturated heterocycles. The second kappa shape index (κ2) is 9.15. The maximum Gasteiger partial charge on any atom is 0.416 e. The van der Waals surface area contributed by atoms with E-state index in [1.54, 1.807) is 0 Å². The quantitative estimate of drug-likeness (QED) is 0.305. The summed E-state index contributed by atoms with van der Waals surface area (Å²) in [6, 6.07) is 5.81. The highest BCUT2D eigenvalue weighted by atomic mass is 19.4. The molecule has 0 aliphatic rings. The van der Waals surface area contributed by atoms with E-state index in [0.717, 1.165) is 24.3 Å². The number of nitrogens with one attached hydrogen (secondary N) is 1. The molecule has 2 aromatic rings. The summed E-state index contributed by atoms with van der Waals surface area (Å²) < 4.78 is 70.9. The van der Waals surface area contributed by atoms with E-state index < -0.39 is 53.1 Å². The fraction of sp³-hybridized carbons (Fsp3) is 0.176. The Hall–Kier alpha value is -3.77. The van der Waals surface area contributed by atoms with E-state index >= 15 is 0 Å². The van der Waals surface area contributed by atoms with Crippen molar-refractivity contribution >= 4 is 23.3 Å². The lowest BCUT2D eigenvalue weighted by Crippen LogP contribution is -2.21. The zero-order valence-corrected chi connectivity index (χ0v) is 14.6. The van der Waals surface area contributed by atoms with Gasteiger partial charge in [0.25, 0.3) is 11.6 Å². The van der Waals surface area contributed by atoms with E-state index in [0.29, 0.717) is 12.1 Å². The number of nitrogens with zero attached hydrogens (tertiary/aromatic N) is 1. The molecule has 160 valence electrons. The van der Waals surface area contributed by atoms with Gasteiger partial charge in [-0.15, -0.1) is 0 Å². The van der Waals surface area contributed by atoms with Crippen molar-refractivity contribution in [3.05, 3.63) is 63.7 Å². The molecule has 0 aromatic heterocycles. The van der Waals surface area contributed by atoms with Crippen LogP contribution in [-0.4, -0.2) is 30.0 Å². The van der Waals surface area contributed by atoms with E-state index in [2.05, 4.69) is 9.47 Å². The van der Waals surface area contributed by atoms with E-state index in [4.69, 9.17) is 0 Å². The maximum absolute atomic E-state index is 12.7. The maximum atomic E-state index is 12.7. The molecule has 0 aliphatic carbocycles. The van der Waals surface area contributed by atoms with Crippen LogP contribution in [0.25, 0.3) is 0 Å². The molecule has 8 nitrogen and oxygen atoms in total. The molecular weight excluding hydrogens is 423 g/mol. The van der Waals surface area contributed by atoms with Crippen molar-refractivity contribution in [3.63, 3.8) is 0 Å². The molecule has 1 N–H and O–H groups in total. The summed E-state index contributed by atoms with van der Waals surface area (Å²) in [6.45, 7) is -3.97. The number of esters is 1. The summed E-state index contributed by atoms with van der Waals surface area (Å²) in [5.74, 6) is -2.28. The Labute approximate surface area is 164 Å². The monoisotopic (exact) mass is 434 g/mol. The predicted octanol–water partition coefficient (Wildman–Crippen LogP) is 4.01. The summed E-state index contributed by atoms with van der Waals surface area (Å²) in [5.41, 5.74) is -2.91. The molecule has 0 unspecified atom stereocenters. The number of hydrogen-bond donors (Lipinski definition) is 1. The van der Waals surface area contributed by atoms with Crippen LogP contribution < -0.4 is 10.1 Å². The van der Waals surface area contributed by atoms with Gasteiger partial charge in [-0.25, -0.2) is 4.79 Å².